The Morgan fingerprint density at radius 3 is 2.50 bits per heavy atom. The van der Waals surface area contributed by atoms with Gasteiger partial charge >= 0.3 is 0 Å². The summed E-state index contributed by atoms with van der Waals surface area (Å²) in [5, 5.41) is 7.91. The normalized spacial score (nSPS) is 13.8. The molecule has 1 aliphatic rings. The second-order valence-electron chi connectivity index (χ2n) is 9.21. The number of hydrogen-bond acceptors (Lipinski definition) is 6. The van der Waals surface area contributed by atoms with Crippen molar-refractivity contribution in [3.05, 3.63) is 46.5 Å². The Hall–Kier alpha value is -2.78. The maximum Gasteiger partial charge on any atom is 0.254 e. The number of anilines is 1. The molecule has 0 saturated carbocycles. The topological polar surface area (TPSA) is 94.6 Å². The van der Waals surface area contributed by atoms with E-state index >= 15 is 0 Å². The minimum absolute atomic E-state index is 0.0587. The van der Waals surface area contributed by atoms with Gasteiger partial charge in [0.05, 0.1) is 12.1 Å². The van der Waals surface area contributed by atoms with Gasteiger partial charge in [-0.25, -0.2) is 4.98 Å². The van der Waals surface area contributed by atoms with Crippen molar-refractivity contribution >= 4 is 34.2 Å². The molecule has 1 aromatic heterocycles. The summed E-state index contributed by atoms with van der Waals surface area (Å²) in [7, 11) is 0. The van der Waals surface area contributed by atoms with E-state index in [0.29, 0.717) is 29.5 Å². The first-order valence-electron chi connectivity index (χ1n) is 11.9. The lowest BCUT2D eigenvalue weighted by molar-refractivity contribution is -0.120. The van der Waals surface area contributed by atoms with Crippen LogP contribution in [0.25, 0.3) is 0 Å². The SMILES string of the molecule is Cc1ccc(C(=O)N(CC(=O)Nc2nc(CC(=O)NCCN3CCCC3)cs2)CC(C)C)cc1. The molecule has 0 radical (unpaired) electrons. The summed E-state index contributed by atoms with van der Waals surface area (Å²) in [5.74, 6) is -0.335. The highest BCUT2D eigenvalue weighted by atomic mass is 32.1. The van der Waals surface area contributed by atoms with E-state index < -0.39 is 0 Å². The van der Waals surface area contributed by atoms with E-state index in [1.54, 1.807) is 22.4 Å². The second-order valence-corrected chi connectivity index (χ2v) is 10.1. The molecule has 1 fully saturated rings. The van der Waals surface area contributed by atoms with Crippen LogP contribution in [0.15, 0.2) is 29.6 Å². The van der Waals surface area contributed by atoms with Crippen LogP contribution in [0.3, 0.4) is 0 Å². The minimum Gasteiger partial charge on any atom is -0.354 e. The van der Waals surface area contributed by atoms with Gasteiger partial charge in [-0.05, 0) is 50.9 Å². The standard InChI is InChI=1S/C25H35N5O3S/c1-18(2)15-30(24(33)20-8-6-19(3)7-9-20)16-23(32)28-25-27-21(17-34-25)14-22(31)26-10-13-29-11-4-5-12-29/h6-9,17-18H,4-5,10-16H2,1-3H3,(H,26,31)(H,27,28,32). The molecule has 0 aliphatic carbocycles. The molecule has 1 aromatic carbocycles. The third kappa shape index (κ3) is 8.22. The van der Waals surface area contributed by atoms with E-state index in [4.69, 9.17) is 0 Å². The van der Waals surface area contributed by atoms with E-state index in [1.165, 1.54) is 24.2 Å². The van der Waals surface area contributed by atoms with Gasteiger partial charge in [0, 0.05) is 30.6 Å². The Labute approximate surface area is 205 Å². The summed E-state index contributed by atoms with van der Waals surface area (Å²) in [5.41, 5.74) is 2.25. The van der Waals surface area contributed by atoms with Crippen molar-refractivity contribution in [1.29, 1.82) is 0 Å². The van der Waals surface area contributed by atoms with Gasteiger partial charge in [0.25, 0.3) is 5.91 Å². The van der Waals surface area contributed by atoms with E-state index in [1.807, 2.05) is 32.9 Å². The quantitative estimate of drug-likeness (QED) is 0.510. The Bertz CT molecular complexity index is 967. The first-order valence-corrected chi connectivity index (χ1v) is 12.8. The number of aromatic nitrogens is 1. The lowest BCUT2D eigenvalue weighted by Gasteiger charge is -2.24. The van der Waals surface area contributed by atoms with Gasteiger partial charge in [-0.2, -0.15) is 0 Å². The molecule has 0 bridgehead atoms. The summed E-state index contributed by atoms with van der Waals surface area (Å²) < 4.78 is 0. The molecule has 184 valence electrons. The zero-order valence-corrected chi connectivity index (χ0v) is 21.1. The Kier molecular flexibility index (Phi) is 9.59. The number of carbonyl (C=O) groups is 3. The number of nitrogens with one attached hydrogen (secondary N) is 2. The van der Waals surface area contributed by atoms with Crippen molar-refractivity contribution in [1.82, 2.24) is 20.1 Å². The Balaban J connectivity index is 1.49. The number of thiazole rings is 1. The van der Waals surface area contributed by atoms with E-state index in [-0.39, 0.29) is 36.6 Å². The predicted molar refractivity (Wildman–Crippen MR) is 135 cm³/mol. The highest BCUT2D eigenvalue weighted by Crippen LogP contribution is 2.16. The van der Waals surface area contributed by atoms with Crippen molar-refractivity contribution < 1.29 is 14.4 Å². The van der Waals surface area contributed by atoms with Crippen LogP contribution in [0.1, 0.15) is 48.3 Å². The number of aryl methyl sites for hydroxylation is 1. The fraction of sp³-hybridized carbons (Fsp3) is 0.520. The highest BCUT2D eigenvalue weighted by molar-refractivity contribution is 7.13. The summed E-state index contributed by atoms with van der Waals surface area (Å²) in [4.78, 5) is 46.1. The monoisotopic (exact) mass is 485 g/mol. The van der Waals surface area contributed by atoms with Crippen LogP contribution in [0, 0.1) is 12.8 Å². The van der Waals surface area contributed by atoms with Gasteiger partial charge in [-0.1, -0.05) is 31.5 Å². The van der Waals surface area contributed by atoms with Gasteiger partial charge in [-0.15, -0.1) is 11.3 Å². The average molecular weight is 486 g/mol. The van der Waals surface area contributed by atoms with Crippen LogP contribution < -0.4 is 10.6 Å². The fourth-order valence-electron chi connectivity index (χ4n) is 3.90. The molecule has 1 aliphatic heterocycles. The number of nitrogens with zero attached hydrogens (tertiary/aromatic N) is 3. The van der Waals surface area contributed by atoms with Gasteiger partial charge in [0.2, 0.25) is 11.8 Å². The van der Waals surface area contributed by atoms with Crippen LogP contribution in [-0.4, -0.2) is 71.8 Å². The molecular weight excluding hydrogens is 450 g/mol. The molecule has 0 spiro atoms. The molecular formula is C25H35N5O3S. The summed E-state index contributed by atoms with van der Waals surface area (Å²) in [6.45, 7) is 10.1. The van der Waals surface area contributed by atoms with Crippen molar-refractivity contribution in [3.8, 4) is 0 Å². The van der Waals surface area contributed by atoms with E-state index in [2.05, 4.69) is 20.5 Å². The molecule has 0 atom stereocenters. The van der Waals surface area contributed by atoms with Crippen molar-refractivity contribution in [2.24, 2.45) is 5.92 Å². The molecule has 1 saturated heterocycles. The zero-order chi connectivity index (χ0) is 24.5. The van der Waals surface area contributed by atoms with Crippen molar-refractivity contribution in [2.45, 2.75) is 40.0 Å². The average Bonchev–Trinajstić information content (AvgIpc) is 3.45. The van der Waals surface area contributed by atoms with Crippen LogP contribution in [-0.2, 0) is 16.0 Å². The summed E-state index contributed by atoms with van der Waals surface area (Å²) in [6, 6.07) is 7.35. The highest BCUT2D eigenvalue weighted by Gasteiger charge is 2.21. The molecule has 2 N–H and O–H groups in total. The fourth-order valence-corrected chi connectivity index (χ4v) is 4.63. The maximum absolute atomic E-state index is 13.0. The molecule has 2 aromatic rings. The van der Waals surface area contributed by atoms with Gasteiger partial charge in [0.15, 0.2) is 5.13 Å². The summed E-state index contributed by atoms with van der Waals surface area (Å²) >= 11 is 1.28. The van der Waals surface area contributed by atoms with Gasteiger partial charge in [0.1, 0.15) is 6.54 Å². The van der Waals surface area contributed by atoms with Crippen LogP contribution in [0.4, 0.5) is 5.13 Å². The molecule has 8 nitrogen and oxygen atoms in total. The predicted octanol–water partition coefficient (Wildman–Crippen LogP) is 2.94. The van der Waals surface area contributed by atoms with Crippen LogP contribution >= 0.6 is 11.3 Å². The third-order valence-electron chi connectivity index (χ3n) is 5.59. The maximum atomic E-state index is 13.0. The number of rotatable bonds is 11. The first kappa shape index (κ1) is 25.8. The van der Waals surface area contributed by atoms with Gasteiger partial charge < -0.3 is 20.4 Å². The number of likely N-dealkylation sites (tertiary alicyclic amines) is 1. The molecule has 0 unspecified atom stereocenters. The zero-order valence-electron chi connectivity index (χ0n) is 20.3. The second kappa shape index (κ2) is 12.6. The number of hydrogen-bond donors (Lipinski definition) is 2. The number of benzene rings is 1. The number of carbonyl (C=O) groups excluding carboxylic acids is 3. The van der Waals surface area contributed by atoms with Gasteiger partial charge in [-0.3, -0.25) is 14.4 Å². The lowest BCUT2D eigenvalue weighted by Crippen LogP contribution is -2.40. The summed E-state index contributed by atoms with van der Waals surface area (Å²) in [6.07, 6.45) is 2.64. The largest absolute Gasteiger partial charge is 0.354 e. The Morgan fingerprint density at radius 2 is 1.82 bits per heavy atom. The van der Waals surface area contributed by atoms with E-state index in [0.717, 1.165) is 25.2 Å². The third-order valence-corrected chi connectivity index (χ3v) is 6.40. The minimum atomic E-state index is -0.308. The molecule has 3 amide bonds. The first-order chi connectivity index (χ1) is 16.3. The Morgan fingerprint density at radius 1 is 1.12 bits per heavy atom. The smallest absolute Gasteiger partial charge is 0.254 e. The van der Waals surface area contributed by atoms with Crippen LogP contribution in [0.2, 0.25) is 0 Å². The molecule has 9 heteroatoms. The van der Waals surface area contributed by atoms with E-state index in [9.17, 15) is 14.4 Å². The van der Waals surface area contributed by atoms with Crippen LogP contribution in [0.5, 0.6) is 0 Å². The molecule has 2 heterocycles. The van der Waals surface area contributed by atoms with Crippen molar-refractivity contribution in [3.63, 3.8) is 0 Å². The number of amides is 3. The molecule has 3 rings (SSSR count). The van der Waals surface area contributed by atoms with Crippen molar-refractivity contribution in [2.75, 3.05) is 44.6 Å². The lowest BCUT2D eigenvalue weighted by atomic mass is 10.1. The molecule has 34 heavy (non-hydrogen) atoms.